The topological polar surface area (TPSA) is 58.9 Å². The van der Waals surface area contributed by atoms with Crippen LogP contribution in [0.25, 0.3) is 0 Å². The molecule has 2 N–H and O–H groups in total. The third-order valence-corrected chi connectivity index (χ3v) is 2.25. The van der Waals surface area contributed by atoms with E-state index < -0.39 is 18.0 Å². The summed E-state index contributed by atoms with van der Waals surface area (Å²) in [5, 5.41) is 18.5. The minimum atomic E-state index is -1.12. The van der Waals surface area contributed by atoms with Gasteiger partial charge in [0.15, 0.2) is 6.29 Å². The standard InChI is InChI=1S/C7H14O4/c1-7(10-2)3-4-11-6(9)5(7)8/h5-6,8-9H,3-4H2,1-2H3/t5-,6+,7+/m0/s1. The van der Waals surface area contributed by atoms with Crippen LogP contribution in [0.5, 0.6) is 0 Å². The lowest BCUT2D eigenvalue weighted by molar-refractivity contribution is -0.256. The number of aliphatic hydroxyl groups excluding tert-OH is 2. The van der Waals surface area contributed by atoms with E-state index >= 15 is 0 Å². The summed E-state index contributed by atoms with van der Waals surface area (Å²) in [5.74, 6) is 0. The molecule has 1 aliphatic heterocycles. The van der Waals surface area contributed by atoms with Gasteiger partial charge >= 0.3 is 0 Å². The molecule has 0 aromatic carbocycles. The first-order valence-corrected chi connectivity index (χ1v) is 3.63. The van der Waals surface area contributed by atoms with Gasteiger partial charge in [0, 0.05) is 13.5 Å². The molecule has 0 bridgehead atoms. The van der Waals surface area contributed by atoms with Gasteiger partial charge < -0.3 is 19.7 Å². The summed E-state index contributed by atoms with van der Waals surface area (Å²) in [4.78, 5) is 0. The van der Waals surface area contributed by atoms with Crippen LogP contribution in [0.2, 0.25) is 0 Å². The fourth-order valence-electron chi connectivity index (χ4n) is 1.15. The lowest BCUT2D eigenvalue weighted by atomic mass is 9.93. The SMILES string of the molecule is CO[C@]1(C)CCO[C@@H](O)[C@@H]1O. The van der Waals surface area contributed by atoms with Crippen LogP contribution in [0.4, 0.5) is 0 Å². The number of methoxy groups -OCH3 is 1. The molecule has 0 aromatic rings. The predicted molar refractivity (Wildman–Crippen MR) is 38.0 cm³/mol. The minimum Gasteiger partial charge on any atom is -0.385 e. The highest BCUT2D eigenvalue weighted by molar-refractivity contribution is 4.88. The Morgan fingerprint density at radius 3 is 2.64 bits per heavy atom. The minimum absolute atomic E-state index is 0.419. The molecule has 0 radical (unpaired) electrons. The second kappa shape index (κ2) is 3.06. The van der Waals surface area contributed by atoms with Gasteiger partial charge in [-0.3, -0.25) is 0 Å². The lowest BCUT2D eigenvalue weighted by Gasteiger charge is -2.39. The van der Waals surface area contributed by atoms with Crippen molar-refractivity contribution in [2.75, 3.05) is 13.7 Å². The largest absolute Gasteiger partial charge is 0.385 e. The fraction of sp³-hybridized carbons (Fsp3) is 1.00. The number of rotatable bonds is 1. The van der Waals surface area contributed by atoms with Crippen molar-refractivity contribution in [2.24, 2.45) is 0 Å². The second-order valence-corrected chi connectivity index (χ2v) is 2.97. The Morgan fingerprint density at radius 1 is 1.55 bits per heavy atom. The molecule has 0 unspecified atom stereocenters. The third kappa shape index (κ3) is 1.54. The van der Waals surface area contributed by atoms with Crippen LogP contribution in [0.15, 0.2) is 0 Å². The zero-order valence-corrected chi connectivity index (χ0v) is 6.78. The van der Waals surface area contributed by atoms with Crippen LogP contribution in [-0.2, 0) is 9.47 Å². The van der Waals surface area contributed by atoms with Gasteiger partial charge in [-0.05, 0) is 6.92 Å². The Bertz CT molecular complexity index is 138. The number of hydrogen-bond donors (Lipinski definition) is 2. The van der Waals surface area contributed by atoms with E-state index in [2.05, 4.69) is 0 Å². The molecule has 4 nitrogen and oxygen atoms in total. The first kappa shape index (κ1) is 8.93. The molecular formula is C7H14O4. The molecule has 11 heavy (non-hydrogen) atoms. The normalized spacial score (nSPS) is 45.8. The maximum absolute atomic E-state index is 9.40. The van der Waals surface area contributed by atoms with E-state index in [-0.39, 0.29) is 0 Å². The highest BCUT2D eigenvalue weighted by atomic mass is 16.6. The molecular weight excluding hydrogens is 148 g/mol. The molecule has 1 rings (SSSR count). The second-order valence-electron chi connectivity index (χ2n) is 2.97. The Balaban J connectivity index is 2.64. The zero-order chi connectivity index (χ0) is 8.48. The van der Waals surface area contributed by atoms with Crippen molar-refractivity contribution in [2.45, 2.75) is 31.3 Å². The predicted octanol–water partition coefficient (Wildman–Crippen LogP) is -0.509. The summed E-state index contributed by atoms with van der Waals surface area (Å²) in [5.41, 5.74) is -0.669. The van der Waals surface area contributed by atoms with Gasteiger partial charge in [-0.2, -0.15) is 0 Å². The maximum Gasteiger partial charge on any atom is 0.183 e. The maximum atomic E-state index is 9.40. The molecule has 1 heterocycles. The highest BCUT2D eigenvalue weighted by Crippen LogP contribution is 2.26. The fourth-order valence-corrected chi connectivity index (χ4v) is 1.15. The van der Waals surface area contributed by atoms with Crippen molar-refractivity contribution in [1.29, 1.82) is 0 Å². The molecule has 3 atom stereocenters. The molecule has 0 amide bonds. The van der Waals surface area contributed by atoms with Crippen molar-refractivity contribution in [3.05, 3.63) is 0 Å². The van der Waals surface area contributed by atoms with E-state index in [1.54, 1.807) is 6.92 Å². The van der Waals surface area contributed by atoms with E-state index in [0.29, 0.717) is 13.0 Å². The molecule has 1 fully saturated rings. The van der Waals surface area contributed by atoms with Gasteiger partial charge in [-0.15, -0.1) is 0 Å². The first-order valence-electron chi connectivity index (χ1n) is 3.63. The van der Waals surface area contributed by atoms with Crippen LogP contribution in [0, 0.1) is 0 Å². The first-order chi connectivity index (χ1) is 5.10. The summed E-state index contributed by atoms with van der Waals surface area (Å²) in [6, 6.07) is 0. The van der Waals surface area contributed by atoms with Gasteiger partial charge in [-0.1, -0.05) is 0 Å². The van der Waals surface area contributed by atoms with Crippen molar-refractivity contribution in [3.63, 3.8) is 0 Å². The average Bonchev–Trinajstić information content (AvgIpc) is 2.00. The average molecular weight is 162 g/mol. The monoisotopic (exact) mass is 162 g/mol. The summed E-state index contributed by atoms with van der Waals surface area (Å²) >= 11 is 0. The van der Waals surface area contributed by atoms with Gasteiger partial charge in [0.25, 0.3) is 0 Å². The third-order valence-electron chi connectivity index (χ3n) is 2.25. The van der Waals surface area contributed by atoms with Gasteiger partial charge in [0.05, 0.1) is 12.2 Å². The summed E-state index contributed by atoms with van der Waals surface area (Å²) in [6.45, 7) is 2.17. The smallest absolute Gasteiger partial charge is 0.183 e. The van der Waals surface area contributed by atoms with Crippen LogP contribution in [0.3, 0.4) is 0 Å². The van der Waals surface area contributed by atoms with Crippen molar-refractivity contribution in [3.8, 4) is 0 Å². The quantitative estimate of drug-likeness (QED) is 0.545. The molecule has 0 saturated carbocycles. The number of ether oxygens (including phenoxy) is 2. The molecule has 0 spiro atoms. The Kier molecular flexibility index (Phi) is 2.49. The van der Waals surface area contributed by atoms with Crippen LogP contribution in [0.1, 0.15) is 13.3 Å². The Labute approximate surface area is 65.7 Å². The molecule has 1 saturated heterocycles. The van der Waals surface area contributed by atoms with E-state index in [4.69, 9.17) is 14.6 Å². The highest BCUT2D eigenvalue weighted by Gasteiger charge is 2.41. The van der Waals surface area contributed by atoms with E-state index in [1.165, 1.54) is 7.11 Å². The van der Waals surface area contributed by atoms with Gasteiger partial charge in [0.1, 0.15) is 6.10 Å². The summed E-state index contributed by atoms with van der Waals surface area (Å²) in [7, 11) is 1.52. The van der Waals surface area contributed by atoms with E-state index in [1.807, 2.05) is 0 Å². The summed E-state index contributed by atoms with van der Waals surface area (Å²) in [6.07, 6.45) is -1.48. The van der Waals surface area contributed by atoms with Gasteiger partial charge in [-0.25, -0.2) is 0 Å². The Hall–Kier alpha value is -0.160. The van der Waals surface area contributed by atoms with E-state index in [0.717, 1.165) is 0 Å². The number of aliphatic hydroxyl groups is 2. The molecule has 1 aliphatic rings. The number of hydrogen-bond acceptors (Lipinski definition) is 4. The molecule has 4 heteroatoms. The van der Waals surface area contributed by atoms with Crippen LogP contribution >= 0.6 is 0 Å². The van der Waals surface area contributed by atoms with E-state index in [9.17, 15) is 5.11 Å². The van der Waals surface area contributed by atoms with Gasteiger partial charge in [0.2, 0.25) is 0 Å². The zero-order valence-electron chi connectivity index (χ0n) is 6.78. The van der Waals surface area contributed by atoms with Crippen molar-refractivity contribution in [1.82, 2.24) is 0 Å². The van der Waals surface area contributed by atoms with Crippen molar-refractivity contribution < 1.29 is 19.7 Å². The molecule has 0 aromatic heterocycles. The van der Waals surface area contributed by atoms with Crippen LogP contribution in [-0.4, -0.2) is 41.9 Å². The molecule has 0 aliphatic carbocycles. The van der Waals surface area contributed by atoms with Crippen molar-refractivity contribution >= 4 is 0 Å². The lowest BCUT2D eigenvalue weighted by Crippen LogP contribution is -2.53. The molecule has 66 valence electrons. The Morgan fingerprint density at radius 2 is 2.18 bits per heavy atom. The van der Waals surface area contributed by atoms with Crippen LogP contribution < -0.4 is 0 Å². The summed E-state index contributed by atoms with van der Waals surface area (Å²) < 4.78 is 9.88.